The van der Waals surface area contributed by atoms with Crippen molar-refractivity contribution in [3.05, 3.63) is 34.1 Å². The van der Waals surface area contributed by atoms with Crippen LogP contribution in [-0.2, 0) is 0 Å². The quantitative estimate of drug-likeness (QED) is 0.570. The molecule has 0 saturated heterocycles. The average molecular weight is 213 g/mol. The van der Waals surface area contributed by atoms with Crippen molar-refractivity contribution in [2.24, 2.45) is 0 Å². The normalized spacial score (nSPS) is 12.2. The van der Waals surface area contributed by atoms with Crippen LogP contribution in [0.3, 0.4) is 0 Å². The van der Waals surface area contributed by atoms with Crippen molar-refractivity contribution in [1.82, 2.24) is 0 Å². The maximum Gasteiger partial charge on any atom is 0.276 e. The van der Waals surface area contributed by atoms with Crippen LogP contribution in [0.25, 0.3) is 0 Å². The third-order valence-electron chi connectivity index (χ3n) is 1.98. The fourth-order valence-corrected chi connectivity index (χ4v) is 1.04. The molecule has 1 unspecified atom stereocenters. The molecule has 15 heavy (non-hydrogen) atoms. The van der Waals surface area contributed by atoms with Gasteiger partial charge >= 0.3 is 0 Å². The van der Waals surface area contributed by atoms with E-state index in [0.717, 1.165) is 18.6 Å². The molecule has 1 aromatic carbocycles. The van der Waals surface area contributed by atoms with Crippen molar-refractivity contribution in [1.29, 1.82) is 0 Å². The molecule has 1 atom stereocenters. The largest absolute Gasteiger partial charge is 0.490 e. The molecule has 0 heterocycles. The number of nitrogens with zero attached hydrogens (tertiary/aromatic N) is 1. The molecule has 0 spiro atoms. The van der Waals surface area contributed by atoms with Crippen LogP contribution >= 0.6 is 0 Å². The molecule has 0 N–H and O–H groups in total. The highest BCUT2D eigenvalue weighted by atomic mass is 19.1. The number of ether oxygens (including phenoxy) is 1. The Morgan fingerprint density at radius 1 is 1.53 bits per heavy atom. The number of rotatable bonds is 4. The number of hydrogen-bond donors (Lipinski definition) is 0. The van der Waals surface area contributed by atoms with Gasteiger partial charge in [-0.05, 0) is 13.3 Å². The van der Waals surface area contributed by atoms with Gasteiger partial charge in [0.05, 0.1) is 23.2 Å². The van der Waals surface area contributed by atoms with Crippen LogP contribution in [-0.4, -0.2) is 11.0 Å². The summed E-state index contributed by atoms with van der Waals surface area (Å²) in [5.74, 6) is -0.474. The van der Waals surface area contributed by atoms with Crippen molar-refractivity contribution >= 4 is 5.69 Å². The summed E-state index contributed by atoms with van der Waals surface area (Å²) in [7, 11) is 0. The fourth-order valence-electron chi connectivity index (χ4n) is 1.04. The molecule has 0 bridgehead atoms. The van der Waals surface area contributed by atoms with Crippen LogP contribution in [0.2, 0.25) is 0 Å². The second kappa shape index (κ2) is 4.72. The third-order valence-corrected chi connectivity index (χ3v) is 1.98. The minimum atomic E-state index is -0.664. The van der Waals surface area contributed by atoms with Crippen molar-refractivity contribution in [3.8, 4) is 5.75 Å². The molecule has 0 saturated carbocycles. The van der Waals surface area contributed by atoms with Gasteiger partial charge < -0.3 is 4.74 Å². The summed E-state index contributed by atoms with van der Waals surface area (Å²) in [5.41, 5.74) is -0.298. The standard InChI is InChI=1S/C10H12FNO3/c1-3-7(2)15-10-5-8(11)4-9(6-10)12(13)14/h4-7H,3H2,1-2H3. The molecule has 82 valence electrons. The highest BCUT2D eigenvalue weighted by molar-refractivity contribution is 5.38. The van der Waals surface area contributed by atoms with Gasteiger partial charge in [0.2, 0.25) is 0 Å². The molecule has 0 fully saturated rings. The Hall–Kier alpha value is -1.65. The van der Waals surface area contributed by atoms with Crippen LogP contribution in [0.1, 0.15) is 20.3 Å². The van der Waals surface area contributed by atoms with Crippen molar-refractivity contribution in [2.45, 2.75) is 26.4 Å². The number of halogens is 1. The lowest BCUT2D eigenvalue weighted by molar-refractivity contribution is -0.385. The Bertz CT molecular complexity index is 368. The van der Waals surface area contributed by atoms with Gasteiger partial charge in [0.25, 0.3) is 5.69 Å². The number of nitro groups is 1. The fraction of sp³-hybridized carbons (Fsp3) is 0.400. The molecule has 0 aliphatic heterocycles. The molecule has 0 aromatic heterocycles. The molecule has 0 radical (unpaired) electrons. The Labute approximate surface area is 86.8 Å². The van der Waals surface area contributed by atoms with E-state index in [0.29, 0.717) is 0 Å². The van der Waals surface area contributed by atoms with E-state index in [9.17, 15) is 14.5 Å². The summed E-state index contributed by atoms with van der Waals surface area (Å²) >= 11 is 0. The maximum absolute atomic E-state index is 13.0. The zero-order valence-electron chi connectivity index (χ0n) is 8.57. The van der Waals surface area contributed by atoms with E-state index in [1.807, 2.05) is 13.8 Å². The summed E-state index contributed by atoms with van der Waals surface area (Å²) in [5, 5.41) is 10.4. The first kappa shape index (κ1) is 11.4. The van der Waals surface area contributed by atoms with Crippen LogP contribution in [0.15, 0.2) is 18.2 Å². The van der Waals surface area contributed by atoms with Crippen molar-refractivity contribution in [3.63, 3.8) is 0 Å². The Balaban J connectivity index is 2.93. The molecule has 0 aliphatic carbocycles. The lowest BCUT2D eigenvalue weighted by Gasteiger charge is -2.11. The van der Waals surface area contributed by atoms with Gasteiger partial charge in [-0.2, -0.15) is 0 Å². The molecular weight excluding hydrogens is 201 g/mol. The smallest absolute Gasteiger partial charge is 0.276 e. The molecule has 5 heteroatoms. The number of non-ortho nitro benzene ring substituents is 1. The Kier molecular flexibility index (Phi) is 3.60. The minimum Gasteiger partial charge on any atom is -0.490 e. The molecule has 4 nitrogen and oxygen atoms in total. The molecule has 0 aliphatic rings. The maximum atomic E-state index is 13.0. The molecular formula is C10H12FNO3. The van der Waals surface area contributed by atoms with E-state index in [1.165, 1.54) is 6.07 Å². The number of benzene rings is 1. The summed E-state index contributed by atoms with van der Waals surface area (Å²) in [4.78, 5) is 9.80. The first-order valence-electron chi connectivity index (χ1n) is 4.64. The Morgan fingerprint density at radius 2 is 2.20 bits per heavy atom. The highest BCUT2D eigenvalue weighted by Crippen LogP contribution is 2.23. The summed E-state index contributed by atoms with van der Waals surface area (Å²) in [6, 6.07) is 3.22. The van der Waals surface area contributed by atoms with Crippen LogP contribution in [0.4, 0.5) is 10.1 Å². The average Bonchev–Trinajstić information content (AvgIpc) is 2.16. The van der Waals surface area contributed by atoms with Crippen LogP contribution in [0, 0.1) is 15.9 Å². The minimum absolute atomic E-state index is 0.0913. The van der Waals surface area contributed by atoms with Gasteiger partial charge in [-0.1, -0.05) is 6.92 Å². The van der Waals surface area contributed by atoms with E-state index in [4.69, 9.17) is 4.74 Å². The lowest BCUT2D eigenvalue weighted by atomic mass is 10.2. The first-order chi connectivity index (χ1) is 7.02. The van der Waals surface area contributed by atoms with Gasteiger partial charge in [-0.3, -0.25) is 10.1 Å². The first-order valence-corrected chi connectivity index (χ1v) is 4.64. The third kappa shape index (κ3) is 3.19. The van der Waals surface area contributed by atoms with E-state index in [-0.39, 0.29) is 17.5 Å². The van der Waals surface area contributed by atoms with E-state index in [1.54, 1.807) is 0 Å². The predicted octanol–water partition coefficient (Wildman–Crippen LogP) is 2.91. The van der Waals surface area contributed by atoms with Crippen LogP contribution in [0.5, 0.6) is 5.75 Å². The zero-order chi connectivity index (χ0) is 11.4. The second-order valence-electron chi connectivity index (χ2n) is 3.24. The summed E-state index contributed by atoms with van der Waals surface area (Å²) in [6.45, 7) is 3.73. The van der Waals surface area contributed by atoms with Gasteiger partial charge in [0.15, 0.2) is 0 Å². The molecule has 0 amide bonds. The highest BCUT2D eigenvalue weighted by Gasteiger charge is 2.11. The van der Waals surface area contributed by atoms with Crippen LogP contribution < -0.4 is 4.74 Å². The lowest BCUT2D eigenvalue weighted by Crippen LogP contribution is -2.10. The van der Waals surface area contributed by atoms with E-state index < -0.39 is 10.7 Å². The van der Waals surface area contributed by atoms with Crippen molar-refractivity contribution < 1.29 is 14.1 Å². The summed E-state index contributed by atoms with van der Waals surface area (Å²) < 4.78 is 18.2. The van der Waals surface area contributed by atoms with E-state index >= 15 is 0 Å². The van der Waals surface area contributed by atoms with Crippen molar-refractivity contribution in [2.75, 3.05) is 0 Å². The van der Waals surface area contributed by atoms with Gasteiger partial charge in [-0.15, -0.1) is 0 Å². The monoisotopic (exact) mass is 213 g/mol. The zero-order valence-corrected chi connectivity index (χ0v) is 8.57. The number of nitro benzene ring substituents is 1. The summed E-state index contributed by atoms with van der Waals surface area (Å²) in [6.07, 6.45) is 0.663. The second-order valence-corrected chi connectivity index (χ2v) is 3.24. The Morgan fingerprint density at radius 3 is 2.73 bits per heavy atom. The van der Waals surface area contributed by atoms with Gasteiger partial charge in [0, 0.05) is 6.07 Å². The SMILES string of the molecule is CCC(C)Oc1cc(F)cc([N+](=O)[O-])c1. The van der Waals surface area contributed by atoms with Gasteiger partial charge in [0.1, 0.15) is 11.6 Å². The predicted molar refractivity (Wildman–Crippen MR) is 53.4 cm³/mol. The molecule has 1 rings (SSSR count). The topological polar surface area (TPSA) is 52.4 Å². The van der Waals surface area contributed by atoms with Gasteiger partial charge in [-0.25, -0.2) is 4.39 Å². The van der Waals surface area contributed by atoms with E-state index in [2.05, 4.69) is 0 Å². The number of hydrogen-bond acceptors (Lipinski definition) is 3. The molecule has 1 aromatic rings.